The van der Waals surface area contributed by atoms with Crippen LogP contribution in [0.2, 0.25) is 0 Å². The summed E-state index contributed by atoms with van der Waals surface area (Å²) in [7, 11) is 0. The van der Waals surface area contributed by atoms with Crippen LogP contribution in [-0.4, -0.2) is 24.2 Å². The van der Waals surface area contributed by atoms with E-state index in [-0.39, 0.29) is 12.5 Å². The van der Waals surface area contributed by atoms with E-state index in [1.807, 2.05) is 32.0 Å². The number of hydrogen-bond acceptors (Lipinski definition) is 3. The maximum Gasteiger partial charge on any atom is 0.257 e. The molecule has 1 atom stereocenters. The molecule has 0 aromatic heterocycles. The lowest BCUT2D eigenvalue weighted by Gasteiger charge is -2.13. The van der Waals surface area contributed by atoms with Crippen molar-refractivity contribution in [3.05, 3.63) is 29.3 Å². The van der Waals surface area contributed by atoms with Gasteiger partial charge in [-0.1, -0.05) is 12.1 Å². The molecule has 1 amide bonds. The first-order valence-electron chi connectivity index (χ1n) is 5.72. The molecule has 0 saturated heterocycles. The van der Waals surface area contributed by atoms with Crippen LogP contribution in [0, 0.1) is 6.92 Å². The third kappa shape index (κ3) is 4.07. The molecule has 94 valence electrons. The number of amides is 1. The lowest BCUT2D eigenvalue weighted by Crippen LogP contribution is -2.28. The summed E-state index contributed by atoms with van der Waals surface area (Å²) in [5, 5.41) is 12.2. The van der Waals surface area contributed by atoms with Gasteiger partial charge >= 0.3 is 0 Å². The molecule has 4 heteroatoms. The number of aliphatic hydroxyl groups excluding tert-OH is 1. The molecule has 0 heterocycles. The minimum Gasteiger partial charge on any atom is -0.483 e. The zero-order valence-electron chi connectivity index (χ0n) is 10.5. The summed E-state index contributed by atoms with van der Waals surface area (Å²) in [6, 6.07) is 5.54. The normalized spacial score (nSPS) is 12.0. The van der Waals surface area contributed by atoms with E-state index < -0.39 is 6.10 Å². The van der Waals surface area contributed by atoms with Gasteiger partial charge in [0.25, 0.3) is 5.91 Å². The number of nitrogens with one attached hydrogen (secondary N) is 1. The van der Waals surface area contributed by atoms with Crippen LogP contribution >= 0.6 is 0 Å². The fraction of sp³-hybridized carbons (Fsp3) is 0.462. The van der Waals surface area contributed by atoms with Gasteiger partial charge in [0.15, 0.2) is 6.61 Å². The minimum atomic E-state index is -0.611. The van der Waals surface area contributed by atoms with Gasteiger partial charge in [-0.25, -0.2) is 0 Å². The molecule has 4 nitrogen and oxygen atoms in total. The van der Waals surface area contributed by atoms with Crippen molar-refractivity contribution in [2.24, 2.45) is 0 Å². The second-order valence-corrected chi connectivity index (χ2v) is 3.96. The number of rotatable bonds is 5. The molecule has 2 N–H and O–H groups in total. The van der Waals surface area contributed by atoms with Crippen molar-refractivity contribution in [3.63, 3.8) is 0 Å². The molecule has 1 aromatic carbocycles. The lowest BCUT2D eigenvalue weighted by atomic mass is 10.1. The Morgan fingerprint density at radius 3 is 2.82 bits per heavy atom. The molecular formula is C13H19NO3. The summed E-state index contributed by atoms with van der Waals surface area (Å²) < 4.78 is 5.42. The molecule has 0 radical (unpaired) electrons. The number of carbonyl (C=O) groups excluding carboxylic acids is 1. The second kappa shape index (κ2) is 6.25. The predicted molar refractivity (Wildman–Crippen MR) is 66.0 cm³/mol. The van der Waals surface area contributed by atoms with Crippen LogP contribution in [0.15, 0.2) is 18.2 Å². The van der Waals surface area contributed by atoms with Gasteiger partial charge in [-0.05, 0) is 32.4 Å². The number of benzene rings is 1. The number of carbonyl (C=O) groups is 1. The van der Waals surface area contributed by atoms with Crippen LogP contribution in [0.25, 0.3) is 0 Å². The van der Waals surface area contributed by atoms with Crippen molar-refractivity contribution < 1.29 is 14.6 Å². The Balaban J connectivity index is 2.75. The molecule has 0 aliphatic rings. The first-order chi connectivity index (χ1) is 8.04. The average molecular weight is 237 g/mol. The van der Waals surface area contributed by atoms with Crippen LogP contribution < -0.4 is 10.1 Å². The standard InChI is InChI=1S/C13H19NO3/c1-4-14-13(16)8-17-12-7-9(2)5-6-11(12)10(3)15/h5-7,10,15H,4,8H2,1-3H3,(H,14,16)/t10-/m1/s1. The van der Waals surface area contributed by atoms with E-state index >= 15 is 0 Å². The molecule has 17 heavy (non-hydrogen) atoms. The summed E-state index contributed by atoms with van der Waals surface area (Å²) in [5.74, 6) is 0.400. The largest absolute Gasteiger partial charge is 0.483 e. The average Bonchev–Trinajstić information content (AvgIpc) is 2.26. The number of aryl methyl sites for hydroxylation is 1. The smallest absolute Gasteiger partial charge is 0.257 e. The second-order valence-electron chi connectivity index (χ2n) is 3.96. The Labute approximate surface area is 102 Å². The van der Waals surface area contributed by atoms with Crippen LogP contribution in [0.3, 0.4) is 0 Å². The van der Waals surface area contributed by atoms with Gasteiger partial charge in [-0.3, -0.25) is 4.79 Å². The third-order valence-corrected chi connectivity index (χ3v) is 2.35. The maximum atomic E-state index is 11.3. The van der Waals surface area contributed by atoms with Crippen LogP contribution in [0.5, 0.6) is 5.75 Å². The number of likely N-dealkylation sites (N-methyl/N-ethyl adjacent to an activating group) is 1. The molecular weight excluding hydrogens is 218 g/mol. The zero-order chi connectivity index (χ0) is 12.8. The lowest BCUT2D eigenvalue weighted by molar-refractivity contribution is -0.123. The highest BCUT2D eigenvalue weighted by atomic mass is 16.5. The van der Waals surface area contributed by atoms with Gasteiger partial charge in [0, 0.05) is 12.1 Å². The van der Waals surface area contributed by atoms with E-state index in [0.29, 0.717) is 17.9 Å². The van der Waals surface area contributed by atoms with E-state index in [0.717, 1.165) is 5.56 Å². The zero-order valence-corrected chi connectivity index (χ0v) is 10.5. The fourth-order valence-electron chi connectivity index (χ4n) is 1.50. The van der Waals surface area contributed by atoms with Crippen molar-refractivity contribution >= 4 is 5.91 Å². The topological polar surface area (TPSA) is 58.6 Å². The van der Waals surface area contributed by atoms with Crippen molar-refractivity contribution in [2.75, 3.05) is 13.2 Å². The van der Waals surface area contributed by atoms with E-state index in [2.05, 4.69) is 5.32 Å². The molecule has 0 spiro atoms. The Morgan fingerprint density at radius 1 is 1.53 bits per heavy atom. The predicted octanol–water partition coefficient (Wildman–Crippen LogP) is 1.56. The first kappa shape index (κ1) is 13.5. The number of aliphatic hydroxyl groups is 1. The van der Waals surface area contributed by atoms with Gasteiger partial charge < -0.3 is 15.2 Å². The molecule has 1 rings (SSSR count). The molecule has 0 aliphatic carbocycles. The van der Waals surface area contributed by atoms with Crippen molar-refractivity contribution in [1.29, 1.82) is 0 Å². The number of hydrogen-bond donors (Lipinski definition) is 2. The summed E-state index contributed by atoms with van der Waals surface area (Å²) in [6.45, 7) is 6.01. The maximum absolute atomic E-state index is 11.3. The SMILES string of the molecule is CCNC(=O)COc1cc(C)ccc1[C@@H](C)O. The summed E-state index contributed by atoms with van der Waals surface area (Å²) >= 11 is 0. The van der Waals surface area contributed by atoms with E-state index in [1.54, 1.807) is 6.92 Å². The van der Waals surface area contributed by atoms with Crippen LogP contribution in [0.1, 0.15) is 31.1 Å². The number of ether oxygens (including phenoxy) is 1. The molecule has 0 saturated carbocycles. The van der Waals surface area contributed by atoms with Gasteiger partial charge in [0.05, 0.1) is 6.10 Å². The third-order valence-electron chi connectivity index (χ3n) is 2.35. The molecule has 0 fully saturated rings. The summed E-state index contributed by atoms with van der Waals surface area (Å²) in [5.41, 5.74) is 1.72. The van der Waals surface area contributed by atoms with Gasteiger partial charge in [0.1, 0.15) is 5.75 Å². The van der Waals surface area contributed by atoms with Gasteiger partial charge in [-0.15, -0.1) is 0 Å². The van der Waals surface area contributed by atoms with Crippen molar-refractivity contribution in [2.45, 2.75) is 26.9 Å². The molecule has 0 bridgehead atoms. The first-order valence-corrected chi connectivity index (χ1v) is 5.72. The Kier molecular flexibility index (Phi) is 4.97. The highest BCUT2D eigenvalue weighted by Crippen LogP contribution is 2.26. The Bertz CT molecular complexity index is 388. The quantitative estimate of drug-likeness (QED) is 0.817. The van der Waals surface area contributed by atoms with E-state index in [1.165, 1.54) is 0 Å². The summed E-state index contributed by atoms with van der Waals surface area (Å²) in [6.07, 6.45) is -0.611. The van der Waals surface area contributed by atoms with Crippen LogP contribution in [0.4, 0.5) is 0 Å². The molecule has 1 aromatic rings. The highest BCUT2D eigenvalue weighted by molar-refractivity contribution is 5.77. The molecule has 0 unspecified atom stereocenters. The van der Waals surface area contributed by atoms with Gasteiger partial charge in [0.2, 0.25) is 0 Å². The van der Waals surface area contributed by atoms with E-state index in [9.17, 15) is 9.90 Å². The minimum absolute atomic E-state index is 0.0307. The monoisotopic (exact) mass is 237 g/mol. The van der Waals surface area contributed by atoms with E-state index in [4.69, 9.17) is 4.74 Å². The molecule has 0 aliphatic heterocycles. The van der Waals surface area contributed by atoms with Crippen LogP contribution in [-0.2, 0) is 4.79 Å². The summed E-state index contributed by atoms with van der Waals surface area (Å²) in [4.78, 5) is 11.3. The van der Waals surface area contributed by atoms with Gasteiger partial charge in [-0.2, -0.15) is 0 Å². The fourth-order valence-corrected chi connectivity index (χ4v) is 1.50. The van der Waals surface area contributed by atoms with Crippen molar-refractivity contribution in [1.82, 2.24) is 5.32 Å². The highest BCUT2D eigenvalue weighted by Gasteiger charge is 2.10. The Hall–Kier alpha value is -1.55. The Morgan fingerprint density at radius 2 is 2.24 bits per heavy atom. The van der Waals surface area contributed by atoms with Crippen molar-refractivity contribution in [3.8, 4) is 5.75 Å².